The first kappa shape index (κ1) is 20.4. The van der Waals surface area contributed by atoms with Crippen molar-refractivity contribution in [3.63, 3.8) is 0 Å². The molecule has 0 spiro atoms. The number of H-pyrrole nitrogens is 1. The predicted octanol–water partition coefficient (Wildman–Crippen LogP) is 3.44. The van der Waals surface area contributed by atoms with Crippen LogP contribution >= 0.6 is 0 Å². The van der Waals surface area contributed by atoms with E-state index in [1.54, 1.807) is 0 Å². The third-order valence-corrected chi connectivity index (χ3v) is 5.98. The Morgan fingerprint density at radius 2 is 2.00 bits per heavy atom. The Hall–Kier alpha value is -3.52. The second-order valence-electron chi connectivity index (χ2n) is 8.10. The molecule has 5 rings (SSSR count). The lowest BCUT2D eigenvalue weighted by Crippen LogP contribution is -2.38. The maximum Gasteiger partial charge on any atom is 0.231 e. The Kier molecular flexibility index (Phi) is 5.01. The number of aromatic nitrogens is 2. The van der Waals surface area contributed by atoms with E-state index in [9.17, 15) is 13.6 Å². The number of rotatable bonds is 5. The molecule has 0 aliphatic carbocycles. The number of fused-ring (bicyclic) bond motifs is 5. The fourth-order valence-electron chi connectivity index (χ4n) is 4.65. The Balaban J connectivity index is 1.66. The summed E-state index contributed by atoms with van der Waals surface area (Å²) in [4.78, 5) is 21.7. The normalized spacial score (nSPS) is 14.1. The van der Waals surface area contributed by atoms with E-state index < -0.39 is 17.4 Å². The number of halogens is 2. The summed E-state index contributed by atoms with van der Waals surface area (Å²) < 4.78 is 33.4. The molecule has 0 saturated heterocycles. The van der Waals surface area contributed by atoms with Gasteiger partial charge in [-0.1, -0.05) is 18.2 Å². The van der Waals surface area contributed by atoms with Gasteiger partial charge in [0.1, 0.15) is 0 Å². The zero-order valence-electron chi connectivity index (χ0n) is 17.5. The number of nitrogens with zero attached hydrogens (tertiary/aromatic N) is 2. The SMILES string of the molecule is COc1c(F)cc(Cc2nc3c(c4c2[nH]c2ccccc24)CCN(CC(N)=O)C3)cc1F. The van der Waals surface area contributed by atoms with Crippen LogP contribution in [0.1, 0.15) is 22.5 Å². The van der Waals surface area contributed by atoms with Gasteiger partial charge in [0, 0.05) is 35.8 Å². The van der Waals surface area contributed by atoms with Gasteiger partial charge in [-0.25, -0.2) is 8.78 Å². The number of methoxy groups -OCH3 is 1. The summed E-state index contributed by atoms with van der Waals surface area (Å²) in [5.74, 6) is -2.28. The zero-order valence-corrected chi connectivity index (χ0v) is 17.5. The van der Waals surface area contributed by atoms with Gasteiger partial charge in [0.05, 0.1) is 30.6 Å². The Morgan fingerprint density at radius 1 is 1.25 bits per heavy atom. The van der Waals surface area contributed by atoms with Gasteiger partial charge >= 0.3 is 0 Å². The van der Waals surface area contributed by atoms with E-state index >= 15 is 0 Å². The molecule has 3 N–H and O–H groups in total. The van der Waals surface area contributed by atoms with Crippen molar-refractivity contribution in [3.8, 4) is 5.75 Å². The standard InChI is InChI=1S/C24H22F2N4O2/c1-32-24-16(25)8-13(9-17(24)26)10-19-23-22(14-4-2-3-5-18(14)29-23)15-6-7-30(12-21(27)31)11-20(15)28-19/h2-5,8-9,29H,6-7,10-12H2,1H3,(H2,27,31). The maximum absolute atomic E-state index is 14.3. The molecule has 6 nitrogen and oxygen atoms in total. The third-order valence-electron chi connectivity index (χ3n) is 5.98. The summed E-state index contributed by atoms with van der Waals surface area (Å²) in [7, 11) is 1.23. The molecule has 1 amide bonds. The fourth-order valence-corrected chi connectivity index (χ4v) is 4.65. The van der Waals surface area contributed by atoms with E-state index in [1.165, 1.54) is 19.2 Å². The first-order chi connectivity index (χ1) is 15.4. The van der Waals surface area contributed by atoms with E-state index in [1.807, 2.05) is 23.1 Å². The number of aromatic amines is 1. The van der Waals surface area contributed by atoms with Gasteiger partial charge in [-0.05, 0) is 35.7 Å². The number of benzene rings is 2. The zero-order chi connectivity index (χ0) is 22.4. The molecular weight excluding hydrogens is 414 g/mol. The second-order valence-corrected chi connectivity index (χ2v) is 8.10. The van der Waals surface area contributed by atoms with Crippen molar-refractivity contribution in [3.05, 3.63) is 70.5 Å². The van der Waals surface area contributed by atoms with Gasteiger partial charge in [0.2, 0.25) is 5.91 Å². The molecule has 0 saturated carbocycles. The summed E-state index contributed by atoms with van der Waals surface area (Å²) in [5, 5.41) is 2.16. The van der Waals surface area contributed by atoms with Crippen LogP contribution in [0.25, 0.3) is 21.8 Å². The van der Waals surface area contributed by atoms with Crippen LogP contribution in [0.3, 0.4) is 0 Å². The van der Waals surface area contributed by atoms with Gasteiger partial charge in [-0.3, -0.25) is 14.7 Å². The Bertz CT molecular complexity index is 1340. The fraction of sp³-hybridized carbons (Fsp3) is 0.250. The lowest BCUT2D eigenvalue weighted by molar-refractivity contribution is -0.119. The Labute approximate surface area is 183 Å². The molecule has 0 atom stereocenters. The van der Waals surface area contributed by atoms with Crippen molar-refractivity contribution in [1.82, 2.24) is 14.9 Å². The molecule has 0 bridgehead atoms. The number of carbonyl (C=O) groups excluding carboxylic acids is 1. The number of hydrogen-bond acceptors (Lipinski definition) is 4. The van der Waals surface area contributed by atoms with E-state index in [0.717, 1.165) is 39.5 Å². The van der Waals surface area contributed by atoms with Crippen molar-refractivity contribution in [2.24, 2.45) is 5.73 Å². The average molecular weight is 436 g/mol. The topological polar surface area (TPSA) is 84.2 Å². The minimum Gasteiger partial charge on any atom is -0.491 e. The molecule has 1 aliphatic rings. The summed E-state index contributed by atoms with van der Waals surface area (Å²) in [5.41, 5.74) is 10.4. The molecule has 2 aromatic carbocycles. The molecule has 4 aromatic rings. The van der Waals surface area contributed by atoms with Crippen LogP contribution in [0.15, 0.2) is 36.4 Å². The number of hydrogen-bond donors (Lipinski definition) is 2. The van der Waals surface area contributed by atoms with Crippen LogP contribution < -0.4 is 10.5 Å². The molecule has 0 unspecified atom stereocenters. The largest absolute Gasteiger partial charge is 0.491 e. The molecular formula is C24H22F2N4O2. The highest BCUT2D eigenvalue weighted by Gasteiger charge is 2.25. The number of nitrogens with two attached hydrogens (primary N) is 1. The molecule has 164 valence electrons. The van der Waals surface area contributed by atoms with Crippen molar-refractivity contribution in [2.75, 3.05) is 20.2 Å². The quantitative estimate of drug-likeness (QED) is 0.502. The third kappa shape index (κ3) is 3.46. The van der Waals surface area contributed by atoms with Crippen LogP contribution in [0.5, 0.6) is 5.75 Å². The average Bonchev–Trinajstić information content (AvgIpc) is 3.13. The van der Waals surface area contributed by atoms with Crippen LogP contribution in [-0.4, -0.2) is 41.0 Å². The number of nitrogens with one attached hydrogen (secondary N) is 1. The van der Waals surface area contributed by atoms with Crippen molar-refractivity contribution in [1.29, 1.82) is 0 Å². The van der Waals surface area contributed by atoms with Gasteiger partial charge < -0.3 is 15.5 Å². The first-order valence-electron chi connectivity index (χ1n) is 10.4. The van der Waals surface area contributed by atoms with Gasteiger partial charge in [-0.15, -0.1) is 0 Å². The number of para-hydroxylation sites is 1. The van der Waals surface area contributed by atoms with Crippen LogP contribution in [0, 0.1) is 11.6 Å². The van der Waals surface area contributed by atoms with Crippen molar-refractivity contribution >= 4 is 27.7 Å². The van der Waals surface area contributed by atoms with Crippen LogP contribution in [0.2, 0.25) is 0 Å². The Morgan fingerprint density at radius 3 is 2.72 bits per heavy atom. The van der Waals surface area contributed by atoms with E-state index in [4.69, 9.17) is 15.5 Å². The molecule has 0 radical (unpaired) electrons. The molecule has 8 heteroatoms. The van der Waals surface area contributed by atoms with Gasteiger partial charge in [-0.2, -0.15) is 0 Å². The highest BCUT2D eigenvalue weighted by molar-refractivity contribution is 6.10. The number of amides is 1. The first-order valence-corrected chi connectivity index (χ1v) is 10.4. The number of primary amides is 1. The summed E-state index contributed by atoms with van der Waals surface area (Å²) >= 11 is 0. The summed E-state index contributed by atoms with van der Waals surface area (Å²) in [6.07, 6.45) is 0.976. The van der Waals surface area contributed by atoms with Crippen LogP contribution in [-0.2, 0) is 24.2 Å². The molecule has 3 heterocycles. The molecule has 0 fully saturated rings. The van der Waals surface area contributed by atoms with E-state index in [-0.39, 0.29) is 18.9 Å². The van der Waals surface area contributed by atoms with E-state index in [0.29, 0.717) is 24.3 Å². The molecule has 2 aromatic heterocycles. The summed E-state index contributed by atoms with van der Waals surface area (Å²) in [6, 6.07) is 10.5. The number of carbonyl (C=O) groups is 1. The van der Waals surface area contributed by atoms with E-state index in [2.05, 4.69) is 11.1 Å². The minimum atomic E-state index is -0.749. The van der Waals surface area contributed by atoms with Gasteiger partial charge in [0.25, 0.3) is 0 Å². The maximum atomic E-state index is 14.3. The monoisotopic (exact) mass is 436 g/mol. The number of pyridine rings is 1. The minimum absolute atomic E-state index is 0.164. The predicted molar refractivity (Wildman–Crippen MR) is 117 cm³/mol. The summed E-state index contributed by atoms with van der Waals surface area (Å²) in [6.45, 7) is 1.36. The highest BCUT2D eigenvalue weighted by atomic mass is 19.1. The second kappa shape index (κ2) is 7.87. The highest BCUT2D eigenvalue weighted by Crippen LogP contribution is 2.35. The lowest BCUT2D eigenvalue weighted by Gasteiger charge is -2.28. The smallest absolute Gasteiger partial charge is 0.231 e. The lowest BCUT2D eigenvalue weighted by atomic mass is 9.96. The van der Waals surface area contributed by atoms with Crippen molar-refractivity contribution in [2.45, 2.75) is 19.4 Å². The van der Waals surface area contributed by atoms with Crippen LogP contribution in [0.4, 0.5) is 8.78 Å². The molecule has 32 heavy (non-hydrogen) atoms. The number of ether oxygens (including phenoxy) is 1. The van der Waals surface area contributed by atoms with Gasteiger partial charge in [0.15, 0.2) is 17.4 Å². The molecule has 1 aliphatic heterocycles. The van der Waals surface area contributed by atoms with Crippen molar-refractivity contribution < 1.29 is 18.3 Å².